The molecule has 0 amide bonds. The highest BCUT2D eigenvalue weighted by atomic mass is 19.1. The number of ether oxygens (including phenoxy) is 1. The normalized spacial score (nSPS) is 10.8. The van der Waals surface area contributed by atoms with E-state index in [1.807, 2.05) is 30.3 Å². The fourth-order valence-corrected chi connectivity index (χ4v) is 2.63. The average Bonchev–Trinajstić information content (AvgIpc) is 3.33. The van der Waals surface area contributed by atoms with Crippen LogP contribution in [0.15, 0.2) is 63.5 Å². The predicted molar refractivity (Wildman–Crippen MR) is 95.5 cm³/mol. The monoisotopic (exact) mass is 379 g/mol. The first-order valence-electron chi connectivity index (χ1n) is 8.39. The summed E-state index contributed by atoms with van der Waals surface area (Å²) < 4.78 is 29.0. The number of halogens is 1. The fourth-order valence-electron chi connectivity index (χ4n) is 2.63. The van der Waals surface area contributed by atoms with Crippen LogP contribution in [0.1, 0.15) is 22.0 Å². The molecule has 8 heteroatoms. The van der Waals surface area contributed by atoms with Gasteiger partial charge >= 0.3 is 5.97 Å². The molecule has 0 N–H and O–H groups in total. The minimum absolute atomic E-state index is 0.116. The van der Waals surface area contributed by atoms with E-state index in [2.05, 4.69) is 15.4 Å². The Morgan fingerprint density at radius 2 is 1.82 bits per heavy atom. The summed E-state index contributed by atoms with van der Waals surface area (Å²) in [4.78, 5) is 12.0. The largest absolute Gasteiger partial charge is 0.452 e. The van der Waals surface area contributed by atoms with E-state index in [9.17, 15) is 9.18 Å². The third-order valence-electron chi connectivity index (χ3n) is 4.00. The van der Waals surface area contributed by atoms with Gasteiger partial charge in [0.15, 0.2) is 6.61 Å². The van der Waals surface area contributed by atoms with E-state index >= 15 is 0 Å². The maximum atomic E-state index is 12.9. The molecule has 0 spiro atoms. The van der Waals surface area contributed by atoms with Crippen LogP contribution in [0.2, 0.25) is 0 Å². The van der Waals surface area contributed by atoms with Crippen molar-refractivity contribution >= 4 is 5.97 Å². The van der Waals surface area contributed by atoms with E-state index in [1.165, 1.54) is 24.3 Å². The SMILES string of the molecule is Cc1onc(-c2ccccc2)c1-c1nnc(COC(=O)c2ccc(F)cc2)o1. The van der Waals surface area contributed by atoms with Crippen molar-refractivity contribution in [2.75, 3.05) is 0 Å². The average molecular weight is 379 g/mol. The van der Waals surface area contributed by atoms with Crippen molar-refractivity contribution < 1.29 is 22.9 Å². The summed E-state index contributed by atoms with van der Waals surface area (Å²) in [5.74, 6) is -0.199. The molecule has 2 aromatic heterocycles. The molecule has 0 aliphatic heterocycles. The molecule has 0 atom stereocenters. The summed E-state index contributed by atoms with van der Waals surface area (Å²) in [6.07, 6.45) is 0. The summed E-state index contributed by atoms with van der Waals surface area (Å²) in [6.45, 7) is 1.53. The number of nitrogens with zero attached hydrogens (tertiary/aromatic N) is 3. The van der Waals surface area contributed by atoms with Crippen LogP contribution in [-0.2, 0) is 11.3 Å². The van der Waals surface area contributed by atoms with E-state index in [1.54, 1.807) is 6.92 Å². The molecule has 7 nitrogen and oxygen atoms in total. The Bertz CT molecular complexity index is 1100. The first-order chi connectivity index (χ1) is 13.6. The van der Waals surface area contributed by atoms with Gasteiger partial charge in [0.25, 0.3) is 11.8 Å². The second-order valence-corrected chi connectivity index (χ2v) is 5.91. The molecule has 0 aliphatic carbocycles. The Balaban J connectivity index is 1.52. The number of esters is 1. The van der Waals surface area contributed by atoms with Crippen LogP contribution in [0.3, 0.4) is 0 Å². The predicted octanol–water partition coefficient (Wildman–Crippen LogP) is 4.20. The molecular formula is C20H14FN3O4. The standard InChI is InChI=1S/C20H14FN3O4/c1-12-17(18(24-28-12)13-5-3-2-4-6-13)19-23-22-16(27-19)11-26-20(25)14-7-9-15(21)10-8-14/h2-10H,11H2,1H3. The van der Waals surface area contributed by atoms with Gasteiger partial charge in [0.05, 0.1) is 5.56 Å². The summed E-state index contributed by atoms with van der Waals surface area (Å²) in [7, 11) is 0. The number of hydrogen-bond donors (Lipinski definition) is 0. The van der Waals surface area contributed by atoms with Crippen molar-refractivity contribution in [2.45, 2.75) is 13.5 Å². The van der Waals surface area contributed by atoms with Crippen LogP contribution in [0, 0.1) is 12.7 Å². The topological polar surface area (TPSA) is 91.3 Å². The Morgan fingerprint density at radius 1 is 1.07 bits per heavy atom. The molecule has 2 heterocycles. The zero-order chi connectivity index (χ0) is 19.5. The molecule has 0 aliphatic rings. The lowest BCUT2D eigenvalue weighted by atomic mass is 10.1. The van der Waals surface area contributed by atoms with E-state index in [-0.39, 0.29) is 24.0 Å². The number of hydrogen-bond acceptors (Lipinski definition) is 7. The van der Waals surface area contributed by atoms with Gasteiger partial charge < -0.3 is 13.7 Å². The molecule has 0 unspecified atom stereocenters. The minimum Gasteiger partial charge on any atom is -0.452 e. The van der Waals surface area contributed by atoms with Gasteiger partial charge in [-0.2, -0.15) is 0 Å². The number of carbonyl (C=O) groups excluding carboxylic acids is 1. The van der Waals surface area contributed by atoms with Gasteiger partial charge in [-0.05, 0) is 31.2 Å². The molecule has 0 saturated heterocycles. The van der Waals surface area contributed by atoms with Gasteiger partial charge in [-0.25, -0.2) is 9.18 Å². The van der Waals surface area contributed by atoms with Crippen molar-refractivity contribution in [3.8, 4) is 22.7 Å². The van der Waals surface area contributed by atoms with E-state index in [0.29, 0.717) is 17.0 Å². The van der Waals surface area contributed by atoms with Gasteiger partial charge in [0.2, 0.25) is 0 Å². The van der Waals surface area contributed by atoms with Crippen LogP contribution in [0.25, 0.3) is 22.7 Å². The number of rotatable bonds is 5. The number of benzene rings is 2. The van der Waals surface area contributed by atoms with Crippen LogP contribution in [0.5, 0.6) is 0 Å². The second-order valence-electron chi connectivity index (χ2n) is 5.91. The Kier molecular flexibility index (Phi) is 4.67. The first-order valence-corrected chi connectivity index (χ1v) is 8.39. The van der Waals surface area contributed by atoms with Gasteiger partial charge in [0.1, 0.15) is 22.8 Å². The number of aryl methyl sites for hydroxylation is 1. The van der Waals surface area contributed by atoms with Gasteiger partial charge in [-0.3, -0.25) is 0 Å². The molecule has 0 radical (unpaired) electrons. The van der Waals surface area contributed by atoms with Crippen molar-refractivity contribution in [1.29, 1.82) is 0 Å². The van der Waals surface area contributed by atoms with Crippen molar-refractivity contribution in [3.63, 3.8) is 0 Å². The number of carbonyl (C=O) groups is 1. The lowest BCUT2D eigenvalue weighted by Gasteiger charge is -2.01. The first kappa shape index (κ1) is 17.6. The van der Waals surface area contributed by atoms with Crippen LogP contribution in [0.4, 0.5) is 4.39 Å². The molecule has 0 bridgehead atoms. The van der Waals surface area contributed by atoms with Crippen molar-refractivity contribution in [2.24, 2.45) is 0 Å². The van der Waals surface area contributed by atoms with Crippen molar-refractivity contribution in [1.82, 2.24) is 15.4 Å². The smallest absolute Gasteiger partial charge is 0.338 e. The zero-order valence-electron chi connectivity index (χ0n) is 14.8. The highest BCUT2D eigenvalue weighted by Gasteiger charge is 2.22. The second kappa shape index (κ2) is 7.43. The van der Waals surface area contributed by atoms with E-state index < -0.39 is 11.8 Å². The van der Waals surface area contributed by atoms with Gasteiger partial charge in [0, 0.05) is 5.56 Å². The van der Waals surface area contributed by atoms with Crippen LogP contribution < -0.4 is 0 Å². The third-order valence-corrected chi connectivity index (χ3v) is 4.00. The van der Waals surface area contributed by atoms with E-state index in [4.69, 9.17) is 13.7 Å². The summed E-state index contributed by atoms with van der Waals surface area (Å²) >= 11 is 0. The summed E-state index contributed by atoms with van der Waals surface area (Å²) in [5, 5.41) is 12.0. The molecule has 0 fully saturated rings. The molecular weight excluding hydrogens is 365 g/mol. The molecule has 28 heavy (non-hydrogen) atoms. The molecule has 4 aromatic rings. The molecule has 0 saturated carbocycles. The maximum Gasteiger partial charge on any atom is 0.338 e. The van der Waals surface area contributed by atoms with Crippen LogP contribution >= 0.6 is 0 Å². The summed E-state index contributed by atoms with van der Waals surface area (Å²) in [5.41, 5.74) is 2.23. The molecule has 2 aromatic carbocycles. The highest BCUT2D eigenvalue weighted by molar-refractivity contribution is 5.89. The Hall–Kier alpha value is -3.81. The maximum absolute atomic E-state index is 12.9. The highest BCUT2D eigenvalue weighted by Crippen LogP contribution is 2.33. The quantitative estimate of drug-likeness (QED) is 0.480. The Labute approximate surface area is 158 Å². The minimum atomic E-state index is -0.620. The van der Waals surface area contributed by atoms with Crippen LogP contribution in [-0.4, -0.2) is 21.3 Å². The summed E-state index contributed by atoms with van der Waals surface area (Å²) in [6, 6.07) is 14.5. The zero-order valence-corrected chi connectivity index (χ0v) is 14.8. The third kappa shape index (κ3) is 3.52. The van der Waals surface area contributed by atoms with Crippen molar-refractivity contribution in [3.05, 3.63) is 77.6 Å². The molecule has 140 valence electrons. The molecule has 4 rings (SSSR count). The van der Waals surface area contributed by atoms with E-state index in [0.717, 1.165) is 5.56 Å². The fraction of sp³-hybridized carbons (Fsp3) is 0.100. The Morgan fingerprint density at radius 3 is 2.57 bits per heavy atom. The van der Waals surface area contributed by atoms with Gasteiger partial charge in [-0.15, -0.1) is 10.2 Å². The lowest BCUT2D eigenvalue weighted by Crippen LogP contribution is -2.05. The number of aromatic nitrogens is 3. The lowest BCUT2D eigenvalue weighted by molar-refractivity contribution is 0.0438. The van der Waals surface area contributed by atoms with Gasteiger partial charge in [-0.1, -0.05) is 35.5 Å².